The summed E-state index contributed by atoms with van der Waals surface area (Å²) in [6, 6.07) is 17.3. The molecule has 1 N–H and O–H groups in total. The molecule has 33 heavy (non-hydrogen) atoms. The molecule has 2 amide bonds. The van der Waals surface area contributed by atoms with Gasteiger partial charge in [-0.1, -0.05) is 54.1 Å². The van der Waals surface area contributed by atoms with Gasteiger partial charge in [-0.2, -0.15) is 5.10 Å². The van der Waals surface area contributed by atoms with Gasteiger partial charge in [0.2, 0.25) is 11.8 Å². The lowest BCUT2D eigenvalue weighted by molar-refractivity contribution is -0.127. The minimum absolute atomic E-state index is 0.0361. The van der Waals surface area contributed by atoms with Gasteiger partial charge in [0.1, 0.15) is 0 Å². The minimum Gasteiger partial charge on any atom is -0.337 e. The normalized spacial score (nSPS) is 14.5. The van der Waals surface area contributed by atoms with Gasteiger partial charge < -0.3 is 10.2 Å². The first-order valence-corrected chi connectivity index (χ1v) is 11.2. The number of rotatable bonds is 7. The lowest BCUT2D eigenvalue weighted by Gasteiger charge is -2.33. The van der Waals surface area contributed by atoms with Crippen molar-refractivity contribution in [1.82, 2.24) is 19.6 Å². The smallest absolute Gasteiger partial charge is 0.246 e. The SMILES string of the molecule is O=C(CN1CCN(C(=O)C=Cc2cnn(Cc3ccccc3)c2)CC1)Nc1ccccc1Cl. The summed E-state index contributed by atoms with van der Waals surface area (Å²) in [5.41, 5.74) is 2.66. The maximum atomic E-state index is 12.6. The maximum absolute atomic E-state index is 12.6. The molecular formula is C25H26ClN5O2. The number of carbonyl (C=O) groups excluding carboxylic acids is 2. The fourth-order valence-corrected chi connectivity index (χ4v) is 3.86. The van der Waals surface area contributed by atoms with E-state index >= 15 is 0 Å². The summed E-state index contributed by atoms with van der Waals surface area (Å²) in [5, 5.41) is 7.71. The summed E-state index contributed by atoms with van der Waals surface area (Å²) in [6.07, 6.45) is 7.05. The molecule has 0 saturated carbocycles. The van der Waals surface area contributed by atoms with Crippen LogP contribution in [0.25, 0.3) is 6.08 Å². The fraction of sp³-hybridized carbons (Fsp3) is 0.240. The van der Waals surface area contributed by atoms with Crippen LogP contribution in [0.2, 0.25) is 5.02 Å². The van der Waals surface area contributed by atoms with E-state index in [0.717, 1.165) is 5.56 Å². The molecular weight excluding hydrogens is 438 g/mol. The van der Waals surface area contributed by atoms with Crippen molar-refractivity contribution < 1.29 is 9.59 Å². The molecule has 0 unspecified atom stereocenters. The first kappa shape index (κ1) is 22.8. The summed E-state index contributed by atoms with van der Waals surface area (Å²) in [7, 11) is 0. The second-order valence-corrected chi connectivity index (χ2v) is 8.33. The predicted octanol–water partition coefficient (Wildman–Crippen LogP) is 3.38. The maximum Gasteiger partial charge on any atom is 0.246 e. The molecule has 0 atom stereocenters. The molecule has 170 valence electrons. The van der Waals surface area contributed by atoms with E-state index in [1.807, 2.05) is 46.1 Å². The fourth-order valence-electron chi connectivity index (χ4n) is 3.68. The van der Waals surface area contributed by atoms with Gasteiger partial charge in [-0.05, 0) is 23.8 Å². The molecule has 7 nitrogen and oxygen atoms in total. The van der Waals surface area contributed by atoms with Crippen molar-refractivity contribution in [3.05, 3.63) is 89.2 Å². The Hall–Kier alpha value is -3.42. The summed E-state index contributed by atoms with van der Waals surface area (Å²) in [6.45, 7) is 3.40. The lowest BCUT2D eigenvalue weighted by atomic mass is 10.2. The number of nitrogens with zero attached hydrogens (tertiary/aromatic N) is 4. The summed E-state index contributed by atoms with van der Waals surface area (Å²) < 4.78 is 1.85. The molecule has 0 radical (unpaired) electrons. The van der Waals surface area contributed by atoms with Gasteiger partial charge in [-0.3, -0.25) is 19.2 Å². The van der Waals surface area contributed by atoms with Crippen molar-refractivity contribution in [2.75, 3.05) is 38.0 Å². The van der Waals surface area contributed by atoms with Crippen LogP contribution in [-0.4, -0.2) is 64.1 Å². The van der Waals surface area contributed by atoms with Gasteiger partial charge in [0.15, 0.2) is 0 Å². The van der Waals surface area contributed by atoms with Crippen LogP contribution in [0.5, 0.6) is 0 Å². The Kier molecular flexibility index (Phi) is 7.55. The number of anilines is 1. The van der Waals surface area contributed by atoms with E-state index in [9.17, 15) is 9.59 Å². The standard InChI is InChI=1S/C25H26ClN5O2/c26-22-8-4-5-9-23(22)28-24(32)19-29-12-14-30(15-13-29)25(33)11-10-21-16-27-31(18-21)17-20-6-2-1-3-7-20/h1-11,16,18H,12-15,17,19H2,(H,28,32). The molecule has 0 aliphatic carbocycles. The Balaban J connectivity index is 1.22. The molecule has 0 bridgehead atoms. The average molecular weight is 464 g/mol. The molecule has 1 saturated heterocycles. The number of hydrogen-bond acceptors (Lipinski definition) is 4. The number of aromatic nitrogens is 2. The highest BCUT2D eigenvalue weighted by Gasteiger charge is 2.21. The molecule has 1 fully saturated rings. The van der Waals surface area contributed by atoms with Crippen LogP contribution in [0.4, 0.5) is 5.69 Å². The van der Waals surface area contributed by atoms with Gasteiger partial charge in [0.05, 0.1) is 30.0 Å². The van der Waals surface area contributed by atoms with E-state index in [4.69, 9.17) is 11.6 Å². The first-order valence-electron chi connectivity index (χ1n) is 10.9. The topological polar surface area (TPSA) is 70.5 Å². The molecule has 2 aromatic carbocycles. The Morgan fingerprint density at radius 2 is 1.73 bits per heavy atom. The summed E-state index contributed by atoms with van der Waals surface area (Å²) in [5.74, 6) is -0.152. The van der Waals surface area contributed by atoms with Gasteiger partial charge in [-0.25, -0.2) is 0 Å². The van der Waals surface area contributed by atoms with Crippen LogP contribution >= 0.6 is 11.6 Å². The zero-order chi connectivity index (χ0) is 23.0. The third-order valence-electron chi connectivity index (χ3n) is 5.46. The monoisotopic (exact) mass is 463 g/mol. The molecule has 1 aliphatic heterocycles. The molecule has 1 aromatic heterocycles. The third kappa shape index (κ3) is 6.54. The van der Waals surface area contributed by atoms with Crippen molar-refractivity contribution in [2.24, 2.45) is 0 Å². The number of halogens is 1. The van der Waals surface area contributed by atoms with E-state index in [0.29, 0.717) is 43.4 Å². The minimum atomic E-state index is -0.115. The highest BCUT2D eigenvalue weighted by molar-refractivity contribution is 6.33. The molecule has 0 spiro atoms. The molecule has 1 aliphatic rings. The number of hydrogen-bond donors (Lipinski definition) is 1. The van der Waals surface area contributed by atoms with Gasteiger partial charge in [-0.15, -0.1) is 0 Å². The van der Waals surface area contributed by atoms with E-state index in [-0.39, 0.29) is 18.4 Å². The number of carbonyl (C=O) groups is 2. The second kappa shape index (κ2) is 10.9. The largest absolute Gasteiger partial charge is 0.337 e. The quantitative estimate of drug-likeness (QED) is 0.545. The van der Waals surface area contributed by atoms with Crippen molar-refractivity contribution in [3.63, 3.8) is 0 Å². The molecule has 4 rings (SSSR count). The van der Waals surface area contributed by atoms with Crippen molar-refractivity contribution in [3.8, 4) is 0 Å². The number of nitrogens with one attached hydrogen (secondary N) is 1. The van der Waals surface area contributed by atoms with E-state index in [1.54, 1.807) is 35.4 Å². The van der Waals surface area contributed by atoms with Crippen molar-refractivity contribution in [1.29, 1.82) is 0 Å². The predicted molar refractivity (Wildman–Crippen MR) is 130 cm³/mol. The Labute approximate surface area is 198 Å². The summed E-state index contributed by atoms with van der Waals surface area (Å²) >= 11 is 6.09. The average Bonchev–Trinajstić information content (AvgIpc) is 3.27. The van der Waals surface area contributed by atoms with E-state index in [2.05, 4.69) is 22.5 Å². The van der Waals surface area contributed by atoms with Crippen LogP contribution in [0.15, 0.2) is 73.1 Å². The second-order valence-electron chi connectivity index (χ2n) is 7.92. The van der Waals surface area contributed by atoms with Gasteiger partial charge in [0.25, 0.3) is 0 Å². The Bertz CT molecular complexity index is 1120. The molecule has 2 heterocycles. The van der Waals surface area contributed by atoms with Crippen LogP contribution in [0.1, 0.15) is 11.1 Å². The van der Waals surface area contributed by atoms with Gasteiger partial charge in [0, 0.05) is 44.0 Å². The zero-order valence-electron chi connectivity index (χ0n) is 18.2. The van der Waals surface area contributed by atoms with E-state index < -0.39 is 0 Å². The number of piperazine rings is 1. The third-order valence-corrected chi connectivity index (χ3v) is 5.79. The summed E-state index contributed by atoms with van der Waals surface area (Å²) in [4.78, 5) is 28.7. The van der Waals surface area contributed by atoms with Crippen molar-refractivity contribution in [2.45, 2.75) is 6.54 Å². The highest BCUT2D eigenvalue weighted by atomic mass is 35.5. The van der Waals surface area contributed by atoms with Crippen LogP contribution in [0.3, 0.4) is 0 Å². The Morgan fingerprint density at radius 3 is 2.48 bits per heavy atom. The van der Waals surface area contributed by atoms with Gasteiger partial charge >= 0.3 is 0 Å². The number of benzene rings is 2. The molecule has 8 heteroatoms. The van der Waals surface area contributed by atoms with E-state index in [1.165, 1.54) is 5.56 Å². The van der Waals surface area contributed by atoms with Crippen LogP contribution in [-0.2, 0) is 16.1 Å². The number of amides is 2. The molecule has 3 aromatic rings. The van der Waals surface area contributed by atoms with Crippen molar-refractivity contribution >= 4 is 35.2 Å². The highest BCUT2D eigenvalue weighted by Crippen LogP contribution is 2.20. The van der Waals surface area contributed by atoms with Crippen LogP contribution in [0, 0.1) is 0 Å². The Morgan fingerprint density at radius 1 is 1.00 bits per heavy atom. The lowest BCUT2D eigenvalue weighted by Crippen LogP contribution is -2.50. The first-order chi connectivity index (χ1) is 16.1. The van der Waals surface area contributed by atoms with Crippen LogP contribution < -0.4 is 5.32 Å². The zero-order valence-corrected chi connectivity index (χ0v) is 19.0. The number of para-hydroxylation sites is 1.